The van der Waals surface area contributed by atoms with Crippen LogP contribution in [0, 0.1) is 0 Å². The summed E-state index contributed by atoms with van der Waals surface area (Å²) in [5.41, 5.74) is 1.16. The van der Waals surface area contributed by atoms with Crippen LogP contribution in [0.5, 0.6) is 5.75 Å². The number of carbonyl (C=O) groups excluding carboxylic acids is 2. The van der Waals surface area contributed by atoms with Gasteiger partial charge in [0.2, 0.25) is 0 Å². The van der Waals surface area contributed by atoms with E-state index in [1.165, 1.54) is 4.90 Å². The van der Waals surface area contributed by atoms with E-state index in [2.05, 4.69) is 21.2 Å². The van der Waals surface area contributed by atoms with Crippen molar-refractivity contribution in [3.63, 3.8) is 0 Å². The zero-order chi connectivity index (χ0) is 19.5. The van der Waals surface area contributed by atoms with Gasteiger partial charge in [-0.3, -0.25) is 10.2 Å². The summed E-state index contributed by atoms with van der Waals surface area (Å²) in [7, 11) is 1.57. The molecule has 0 fully saturated rings. The van der Waals surface area contributed by atoms with Gasteiger partial charge in [-0.25, -0.2) is 9.59 Å². The average molecular weight is 437 g/mol. The fourth-order valence-electron chi connectivity index (χ4n) is 2.19. The van der Waals surface area contributed by atoms with Gasteiger partial charge in [0.05, 0.1) is 13.2 Å². The van der Waals surface area contributed by atoms with E-state index in [9.17, 15) is 9.59 Å². The number of para-hydroxylation sites is 1. The second-order valence-electron chi connectivity index (χ2n) is 5.33. The van der Waals surface area contributed by atoms with Crippen molar-refractivity contribution in [1.29, 1.82) is 0 Å². The molecule has 0 aliphatic rings. The third kappa shape index (κ3) is 6.92. The summed E-state index contributed by atoms with van der Waals surface area (Å²) in [5.74, 6) is 0.302. The first-order valence-electron chi connectivity index (χ1n) is 8.27. The van der Waals surface area contributed by atoms with Crippen LogP contribution >= 0.6 is 15.9 Å². The molecule has 2 amide bonds. The SMILES string of the molecule is COCCN(C(=O)Oc1cccc(NC(=O)OCCBr)c1)c1ccccc1. The van der Waals surface area contributed by atoms with Gasteiger partial charge >= 0.3 is 12.2 Å². The molecule has 0 heterocycles. The summed E-state index contributed by atoms with van der Waals surface area (Å²) in [4.78, 5) is 25.7. The van der Waals surface area contributed by atoms with Gasteiger partial charge in [-0.1, -0.05) is 40.2 Å². The van der Waals surface area contributed by atoms with Gasteiger partial charge in [0.15, 0.2) is 0 Å². The van der Waals surface area contributed by atoms with Crippen LogP contribution in [0.15, 0.2) is 54.6 Å². The number of nitrogens with zero attached hydrogens (tertiary/aromatic N) is 1. The lowest BCUT2D eigenvalue weighted by atomic mass is 10.3. The van der Waals surface area contributed by atoms with Gasteiger partial charge in [0, 0.05) is 29.9 Å². The van der Waals surface area contributed by atoms with Gasteiger partial charge in [-0.2, -0.15) is 0 Å². The molecule has 0 bridgehead atoms. The van der Waals surface area contributed by atoms with E-state index in [0.717, 1.165) is 0 Å². The summed E-state index contributed by atoms with van der Waals surface area (Å²) in [6.45, 7) is 0.965. The van der Waals surface area contributed by atoms with Crippen molar-refractivity contribution >= 4 is 39.5 Å². The van der Waals surface area contributed by atoms with Crippen molar-refractivity contribution in [3.8, 4) is 5.75 Å². The highest BCUT2D eigenvalue weighted by atomic mass is 79.9. The molecule has 2 aromatic rings. The van der Waals surface area contributed by atoms with E-state index >= 15 is 0 Å². The first kappa shape index (κ1) is 20.7. The van der Waals surface area contributed by atoms with Gasteiger partial charge in [0.25, 0.3) is 0 Å². The number of anilines is 2. The number of halogens is 1. The molecule has 0 saturated carbocycles. The normalized spacial score (nSPS) is 10.1. The fraction of sp³-hybridized carbons (Fsp3) is 0.263. The molecule has 0 spiro atoms. The molecule has 144 valence electrons. The van der Waals surface area contributed by atoms with Crippen LogP contribution in [0.3, 0.4) is 0 Å². The van der Waals surface area contributed by atoms with Crippen LogP contribution in [0.25, 0.3) is 0 Å². The molecule has 0 aliphatic carbocycles. The Labute approximate surface area is 166 Å². The zero-order valence-corrected chi connectivity index (χ0v) is 16.5. The Morgan fingerprint density at radius 1 is 1.07 bits per heavy atom. The lowest BCUT2D eigenvalue weighted by molar-refractivity contribution is 0.169. The molecule has 0 aliphatic heterocycles. The van der Waals surface area contributed by atoms with Crippen LogP contribution in [0.1, 0.15) is 0 Å². The number of benzene rings is 2. The molecule has 7 nitrogen and oxygen atoms in total. The van der Waals surface area contributed by atoms with Gasteiger partial charge in [-0.15, -0.1) is 0 Å². The Balaban J connectivity index is 2.06. The van der Waals surface area contributed by atoms with Crippen LogP contribution in [-0.4, -0.2) is 44.4 Å². The monoisotopic (exact) mass is 436 g/mol. The lowest BCUT2D eigenvalue weighted by Crippen LogP contribution is -2.36. The summed E-state index contributed by atoms with van der Waals surface area (Å²) in [5, 5.41) is 3.13. The second-order valence-corrected chi connectivity index (χ2v) is 6.12. The van der Waals surface area contributed by atoms with Crippen LogP contribution in [-0.2, 0) is 9.47 Å². The molecule has 0 saturated heterocycles. The molecule has 0 atom stereocenters. The quantitative estimate of drug-likeness (QED) is 0.624. The molecular weight excluding hydrogens is 416 g/mol. The Morgan fingerprint density at radius 2 is 1.85 bits per heavy atom. The van der Waals surface area contributed by atoms with Gasteiger partial charge in [-0.05, 0) is 24.3 Å². The third-order valence-electron chi connectivity index (χ3n) is 3.40. The van der Waals surface area contributed by atoms with Gasteiger partial charge < -0.3 is 14.2 Å². The van der Waals surface area contributed by atoms with E-state index in [1.54, 1.807) is 31.4 Å². The predicted octanol–water partition coefficient (Wildman–Crippen LogP) is 4.28. The molecular formula is C19H21BrN2O5. The average Bonchev–Trinajstić information content (AvgIpc) is 2.68. The molecule has 0 aromatic heterocycles. The molecule has 0 radical (unpaired) electrons. The number of rotatable bonds is 8. The number of nitrogens with one attached hydrogen (secondary N) is 1. The number of amides is 2. The first-order chi connectivity index (χ1) is 13.1. The highest BCUT2D eigenvalue weighted by Gasteiger charge is 2.18. The minimum absolute atomic E-state index is 0.256. The molecule has 2 rings (SSSR count). The van der Waals surface area contributed by atoms with E-state index in [-0.39, 0.29) is 6.61 Å². The summed E-state index contributed by atoms with van der Waals surface area (Å²) in [6, 6.07) is 15.7. The Morgan fingerprint density at radius 3 is 2.56 bits per heavy atom. The molecule has 1 N–H and O–H groups in total. The van der Waals surface area contributed by atoms with Crippen LogP contribution < -0.4 is 15.0 Å². The van der Waals surface area contributed by atoms with Crippen molar-refractivity contribution < 1.29 is 23.8 Å². The van der Waals surface area contributed by atoms with Crippen molar-refractivity contribution in [1.82, 2.24) is 0 Å². The van der Waals surface area contributed by atoms with E-state index in [0.29, 0.717) is 35.6 Å². The van der Waals surface area contributed by atoms with Gasteiger partial charge in [0.1, 0.15) is 12.4 Å². The summed E-state index contributed by atoms with van der Waals surface area (Å²) >= 11 is 3.18. The maximum absolute atomic E-state index is 12.6. The molecule has 8 heteroatoms. The largest absolute Gasteiger partial charge is 0.448 e. The Kier molecular flexibility index (Phi) is 8.60. The minimum atomic E-state index is -0.580. The molecule has 27 heavy (non-hydrogen) atoms. The number of methoxy groups -OCH3 is 1. The van der Waals surface area contributed by atoms with E-state index in [1.807, 2.05) is 30.3 Å². The minimum Gasteiger partial charge on any atom is -0.448 e. The fourth-order valence-corrected chi connectivity index (χ4v) is 2.36. The smallest absolute Gasteiger partial charge is 0.419 e. The van der Waals surface area contributed by atoms with Crippen molar-refractivity contribution in [3.05, 3.63) is 54.6 Å². The van der Waals surface area contributed by atoms with Crippen molar-refractivity contribution in [2.45, 2.75) is 0 Å². The second kappa shape index (κ2) is 11.2. The number of carbonyl (C=O) groups is 2. The summed E-state index contributed by atoms with van der Waals surface area (Å²) in [6.07, 6.45) is -1.12. The Hall–Kier alpha value is -2.58. The van der Waals surface area contributed by atoms with Crippen LogP contribution in [0.2, 0.25) is 0 Å². The maximum Gasteiger partial charge on any atom is 0.419 e. The number of hydrogen-bond donors (Lipinski definition) is 1. The topological polar surface area (TPSA) is 77.1 Å². The van der Waals surface area contributed by atoms with Crippen molar-refractivity contribution in [2.24, 2.45) is 0 Å². The van der Waals surface area contributed by atoms with E-state index in [4.69, 9.17) is 14.2 Å². The maximum atomic E-state index is 12.6. The third-order valence-corrected chi connectivity index (χ3v) is 3.73. The van der Waals surface area contributed by atoms with Crippen molar-refractivity contribution in [2.75, 3.05) is 42.4 Å². The number of ether oxygens (including phenoxy) is 3. The highest BCUT2D eigenvalue weighted by molar-refractivity contribution is 9.09. The van der Waals surface area contributed by atoms with E-state index < -0.39 is 12.2 Å². The molecule has 2 aromatic carbocycles. The van der Waals surface area contributed by atoms with Crippen LogP contribution in [0.4, 0.5) is 21.0 Å². The predicted molar refractivity (Wildman–Crippen MR) is 107 cm³/mol. The standard InChI is InChI=1S/C19H21BrN2O5/c1-25-13-11-22(16-7-3-2-4-8-16)19(24)27-17-9-5-6-15(14-17)21-18(23)26-12-10-20/h2-9,14H,10-13H2,1H3,(H,21,23). The zero-order valence-electron chi connectivity index (χ0n) is 14.9. The summed E-state index contributed by atoms with van der Waals surface area (Å²) < 4.78 is 15.5. The Bertz CT molecular complexity index is 742. The highest BCUT2D eigenvalue weighted by Crippen LogP contribution is 2.20. The number of alkyl halides is 1. The molecule has 0 unspecified atom stereocenters. The number of hydrogen-bond acceptors (Lipinski definition) is 5. The first-order valence-corrected chi connectivity index (χ1v) is 9.39. The lowest BCUT2D eigenvalue weighted by Gasteiger charge is -2.21.